The summed E-state index contributed by atoms with van der Waals surface area (Å²) in [7, 11) is 1.33. The number of hydrogen-bond acceptors (Lipinski definition) is 4. The second-order valence-electron chi connectivity index (χ2n) is 4.92. The highest BCUT2D eigenvalue weighted by Gasteiger charge is 2.33. The van der Waals surface area contributed by atoms with Gasteiger partial charge in [-0.25, -0.2) is 0 Å². The molecule has 20 heavy (non-hydrogen) atoms. The number of ether oxygens (including phenoxy) is 1. The van der Waals surface area contributed by atoms with Crippen LogP contribution in [0.3, 0.4) is 0 Å². The van der Waals surface area contributed by atoms with Crippen LogP contribution < -0.4 is 0 Å². The molecule has 104 valence electrons. The molecule has 0 bridgehead atoms. The highest BCUT2D eigenvalue weighted by molar-refractivity contribution is 8.15. The maximum Gasteiger partial charge on any atom is 0.321 e. The average Bonchev–Trinajstić information content (AvgIpc) is 2.45. The topological polar surface area (TPSA) is 43.4 Å². The Morgan fingerprint density at radius 3 is 2.40 bits per heavy atom. The van der Waals surface area contributed by atoms with Crippen molar-refractivity contribution in [3.05, 3.63) is 48.0 Å². The van der Waals surface area contributed by atoms with E-state index in [1.165, 1.54) is 7.11 Å². The van der Waals surface area contributed by atoms with Gasteiger partial charge in [0.2, 0.25) is 5.12 Å². The van der Waals surface area contributed by atoms with Crippen molar-refractivity contribution < 1.29 is 14.3 Å². The lowest BCUT2D eigenvalue weighted by atomic mass is 10.1. The third kappa shape index (κ3) is 2.85. The third-order valence-corrected chi connectivity index (χ3v) is 4.12. The van der Waals surface area contributed by atoms with Gasteiger partial charge in [0.15, 0.2) is 0 Å². The quantitative estimate of drug-likeness (QED) is 0.808. The summed E-state index contributed by atoms with van der Waals surface area (Å²) in [6.07, 6.45) is 0. The molecule has 0 spiro atoms. The average molecular weight is 288 g/mol. The molecule has 2 aromatic carbocycles. The highest BCUT2D eigenvalue weighted by Crippen LogP contribution is 2.31. The Hall–Kier alpha value is -1.81. The predicted molar refractivity (Wildman–Crippen MR) is 82.0 cm³/mol. The van der Waals surface area contributed by atoms with E-state index >= 15 is 0 Å². The Labute approximate surface area is 122 Å². The van der Waals surface area contributed by atoms with Crippen molar-refractivity contribution in [3.8, 4) is 0 Å². The van der Waals surface area contributed by atoms with Gasteiger partial charge in [0.05, 0.1) is 7.11 Å². The van der Waals surface area contributed by atoms with Crippen LogP contribution in [0.1, 0.15) is 24.2 Å². The van der Waals surface area contributed by atoms with Gasteiger partial charge in [-0.05, 0) is 30.7 Å². The molecule has 0 aliphatic heterocycles. The van der Waals surface area contributed by atoms with Gasteiger partial charge in [0, 0.05) is 5.56 Å². The van der Waals surface area contributed by atoms with Crippen LogP contribution in [0.2, 0.25) is 0 Å². The molecule has 2 aromatic rings. The normalized spacial score (nSPS) is 11.3. The van der Waals surface area contributed by atoms with Crippen LogP contribution in [-0.2, 0) is 9.53 Å². The summed E-state index contributed by atoms with van der Waals surface area (Å²) in [6.45, 7) is 3.37. The van der Waals surface area contributed by atoms with Gasteiger partial charge in [-0.3, -0.25) is 9.59 Å². The smallest absolute Gasteiger partial charge is 0.321 e. The fourth-order valence-corrected chi connectivity index (χ4v) is 2.90. The van der Waals surface area contributed by atoms with Gasteiger partial charge in [0.25, 0.3) is 0 Å². The molecule has 0 amide bonds. The summed E-state index contributed by atoms with van der Waals surface area (Å²) >= 11 is 0.989. The van der Waals surface area contributed by atoms with Crippen LogP contribution in [0.15, 0.2) is 42.5 Å². The highest BCUT2D eigenvalue weighted by atomic mass is 32.2. The first-order valence-electron chi connectivity index (χ1n) is 6.25. The molecule has 3 nitrogen and oxygen atoms in total. The minimum absolute atomic E-state index is 0.128. The summed E-state index contributed by atoms with van der Waals surface area (Å²) < 4.78 is 3.83. The molecular weight excluding hydrogens is 272 g/mol. The Morgan fingerprint density at radius 1 is 1.05 bits per heavy atom. The van der Waals surface area contributed by atoms with Crippen molar-refractivity contribution in [1.29, 1.82) is 0 Å². The van der Waals surface area contributed by atoms with Crippen LogP contribution in [0.4, 0.5) is 0 Å². The monoisotopic (exact) mass is 288 g/mol. The molecular formula is C16H16O3S. The van der Waals surface area contributed by atoms with Crippen molar-refractivity contribution in [2.24, 2.45) is 0 Å². The summed E-state index contributed by atoms with van der Waals surface area (Å²) in [6, 6.07) is 13.3. The number of methoxy groups -OCH3 is 1. The molecule has 0 aliphatic carbocycles. The largest absolute Gasteiger partial charge is 0.468 e. The fraction of sp³-hybridized carbons (Fsp3) is 0.250. The lowest BCUT2D eigenvalue weighted by Gasteiger charge is -2.19. The number of hydrogen-bond donors (Lipinski definition) is 0. The van der Waals surface area contributed by atoms with E-state index in [4.69, 9.17) is 4.74 Å². The summed E-state index contributed by atoms with van der Waals surface area (Å²) in [5.41, 5.74) is 0.616. The van der Waals surface area contributed by atoms with Crippen LogP contribution in [-0.4, -0.2) is 22.9 Å². The number of carbonyl (C=O) groups excluding carboxylic acids is 2. The standard InChI is InChI=1S/C16H16O3S/c1-16(2,15(18)19-3)20-14(17)13-10-6-8-11-7-4-5-9-12(11)13/h4-10H,1-3H3. The molecule has 0 N–H and O–H groups in total. The minimum atomic E-state index is -0.900. The van der Waals surface area contributed by atoms with E-state index in [2.05, 4.69) is 0 Å². The molecule has 0 saturated heterocycles. The molecule has 0 atom stereocenters. The van der Waals surface area contributed by atoms with Gasteiger partial charge in [-0.2, -0.15) is 0 Å². The molecule has 0 aromatic heterocycles. The Morgan fingerprint density at radius 2 is 1.70 bits per heavy atom. The van der Waals surface area contributed by atoms with Crippen LogP contribution in [0.25, 0.3) is 10.8 Å². The SMILES string of the molecule is COC(=O)C(C)(C)SC(=O)c1cccc2ccccc12. The zero-order valence-corrected chi connectivity index (χ0v) is 12.5. The Balaban J connectivity index is 2.35. The Bertz CT molecular complexity index is 656. The van der Waals surface area contributed by atoms with E-state index in [0.717, 1.165) is 22.5 Å². The van der Waals surface area contributed by atoms with E-state index < -0.39 is 10.7 Å². The maximum atomic E-state index is 12.4. The number of thioether (sulfide) groups is 1. The van der Waals surface area contributed by atoms with Crippen LogP contribution in [0.5, 0.6) is 0 Å². The first kappa shape index (κ1) is 14.6. The van der Waals surface area contributed by atoms with Crippen molar-refractivity contribution in [3.63, 3.8) is 0 Å². The molecule has 4 heteroatoms. The molecule has 0 aliphatic rings. The van der Waals surface area contributed by atoms with Gasteiger partial charge in [0.1, 0.15) is 4.75 Å². The summed E-state index contributed by atoms with van der Waals surface area (Å²) in [5.74, 6) is -0.406. The fourth-order valence-electron chi connectivity index (χ4n) is 1.98. The van der Waals surface area contributed by atoms with E-state index in [9.17, 15) is 9.59 Å². The van der Waals surface area contributed by atoms with Crippen molar-refractivity contribution >= 4 is 33.6 Å². The van der Waals surface area contributed by atoms with E-state index in [0.29, 0.717) is 5.56 Å². The zero-order chi connectivity index (χ0) is 14.8. The van der Waals surface area contributed by atoms with Crippen molar-refractivity contribution in [2.45, 2.75) is 18.6 Å². The minimum Gasteiger partial charge on any atom is -0.468 e. The van der Waals surface area contributed by atoms with E-state index in [-0.39, 0.29) is 5.12 Å². The predicted octanol–water partition coefficient (Wildman–Crippen LogP) is 3.66. The molecule has 0 unspecified atom stereocenters. The van der Waals surface area contributed by atoms with Crippen LogP contribution in [0, 0.1) is 0 Å². The number of fused-ring (bicyclic) bond motifs is 1. The van der Waals surface area contributed by atoms with Crippen molar-refractivity contribution in [1.82, 2.24) is 0 Å². The number of rotatable bonds is 3. The zero-order valence-electron chi connectivity index (χ0n) is 11.7. The van der Waals surface area contributed by atoms with Gasteiger partial charge in [-0.1, -0.05) is 48.2 Å². The number of carbonyl (C=O) groups is 2. The second-order valence-corrected chi connectivity index (χ2v) is 6.51. The molecule has 0 saturated carbocycles. The molecule has 0 fully saturated rings. The van der Waals surface area contributed by atoms with Crippen molar-refractivity contribution in [2.75, 3.05) is 7.11 Å². The lowest BCUT2D eigenvalue weighted by molar-refractivity contribution is -0.142. The summed E-state index contributed by atoms with van der Waals surface area (Å²) in [4.78, 5) is 24.1. The van der Waals surface area contributed by atoms with E-state index in [1.807, 2.05) is 36.4 Å². The van der Waals surface area contributed by atoms with Crippen LogP contribution >= 0.6 is 11.8 Å². The van der Waals surface area contributed by atoms with Gasteiger partial charge < -0.3 is 4.74 Å². The molecule has 2 rings (SSSR count). The van der Waals surface area contributed by atoms with E-state index in [1.54, 1.807) is 19.9 Å². The van der Waals surface area contributed by atoms with Gasteiger partial charge >= 0.3 is 5.97 Å². The number of benzene rings is 2. The Kier molecular flexibility index (Phi) is 4.14. The molecule has 0 heterocycles. The second kappa shape index (κ2) is 5.67. The number of esters is 1. The lowest BCUT2D eigenvalue weighted by Crippen LogP contribution is -2.30. The maximum absolute atomic E-state index is 12.4. The first-order chi connectivity index (χ1) is 9.45. The first-order valence-corrected chi connectivity index (χ1v) is 7.07. The molecule has 0 radical (unpaired) electrons. The van der Waals surface area contributed by atoms with Gasteiger partial charge in [-0.15, -0.1) is 0 Å². The summed E-state index contributed by atoms with van der Waals surface area (Å²) in [5, 5.41) is 1.78. The third-order valence-electron chi connectivity index (χ3n) is 3.03.